The summed E-state index contributed by atoms with van der Waals surface area (Å²) in [6.07, 6.45) is 1.99. The van der Waals surface area contributed by atoms with Gasteiger partial charge in [0.25, 0.3) is 5.91 Å². The number of aryl methyl sites for hydroxylation is 1. The smallest absolute Gasteiger partial charge is 0.275 e. The Morgan fingerprint density at radius 3 is 2.50 bits per heavy atom. The molecule has 0 radical (unpaired) electrons. The van der Waals surface area contributed by atoms with Gasteiger partial charge in [-0.3, -0.25) is 19.2 Å². The van der Waals surface area contributed by atoms with Gasteiger partial charge >= 0.3 is 0 Å². The zero-order chi connectivity index (χ0) is 34.8. The van der Waals surface area contributed by atoms with Crippen molar-refractivity contribution in [1.82, 2.24) is 44.4 Å². The normalized spacial score (nSPS) is 19.2. The highest BCUT2D eigenvalue weighted by Crippen LogP contribution is 2.28. The summed E-state index contributed by atoms with van der Waals surface area (Å²) in [5.41, 5.74) is 1.69. The van der Waals surface area contributed by atoms with Crippen LogP contribution in [0.3, 0.4) is 0 Å². The highest BCUT2D eigenvalue weighted by Gasteiger charge is 2.29. The summed E-state index contributed by atoms with van der Waals surface area (Å²) in [5.74, 6) is 0.631. The van der Waals surface area contributed by atoms with E-state index in [-0.39, 0.29) is 48.2 Å². The van der Waals surface area contributed by atoms with Gasteiger partial charge in [-0.1, -0.05) is 26.3 Å². The van der Waals surface area contributed by atoms with Gasteiger partial charge in [0.1, 0.15) is 18.4 Å². The molecule has 4 amide bonds. The van der Waals surface area contributed by atoms with Gasteiger partial charge in [0.2, 0.25) is 17.7 Å². The molecular formula is C32H45N9O6S. The molecular weight excluding hydrogens is 638 g/mol. The van der Waals surface area contributed by atoms with E-state index < -0.39 is 12.1 Å². The van der Waals surface area contributed by atoms with E-state index in [4.69, 9.17) is 14.5 Å². The molecule has 0 fully saturated rings. The number of fused-ring (bicyclic) bond motifs is 1. The van der Waals surface area contributed by atoms with E-state index in [9.17, 15) is 19.2 Å². The van der Waals surface area contributed by atoms with Crippen LogP contribution in [0.2, 0.25) is 0 Å². The molecule has 0 bridgehead atoms. The first-order valence-corrected chi connectivity index (χ1v) is 16.9. The number of carbonyl (C=O) groups excluding carboxylic acids is 4. The van der Waals surface area contributed by atoms with E-state index in [1.807, 2.05) is 26.0 Å². The molecule has 0 aliphatic carbocycles. The Kier molecular flexibility index (Phi) is 12.8. The van der Waals surface area contributed by atoms with Crippen LogP contribution in [0.1, 0.15) is 85.9 Å². The van der Waals surface area contributed by atoms with E-state index >= 15 is 0 Å². The Balaban J connectivity index is 1.60. The molecule has 3 heterocycles. The maximum Gasteiger partial charge on any atom is 0.275 e. The van der Waals surface area contributed by atoms with Crippen LogP contribution in [0.25, 0.3) is 0 Å². The van der Waals surface area contributed by atoms with Crippen LogP contribution in [-0.4, -0.2) is 91.9 Å². The van der Waals surface area contributed by atoms with Crippen LogP contribution in [0, 0.1) is 12.8 Å². The number of hydrogen-bond donors (Lipinski definition) is 3. The highest BCUT2D eigenvalue weighted by molar-refractivity contribution is 6.99. The SMILES string of the molecule is CC[C@H](C)[C@@H]1NC(=O)CCCN(C(=O)c2nsnc2C)CCCNC(=O)Cn2nc(Cc3ccc(OC)c(OC)c3)nc2[C@@H](C)NC1=O. The monoisotopic (exact) mass is 683 g/mol. The van der Waals surface area contributed by atoms with Crippen molar-refractivity contribution < 1.29 is 28.7 Å². The van der Waals surface area contributed by atoms with Gasteiger partial charge in [-0.15, -0.1) is 0 Å². The Morgan fingerprint density at radius 2 is 1.81 bits per heavy atom. The van der Waals surface area contributed by atoms with Crippen LogP contribution in [0.5, 0.6) is 11.5 Å². The summed E-state index contributed by atoms with van der Waals surface area (Å²) in [7, 11) is 3.12. The van der Waals surface area contributed by atoms with Crippen molar-refractivity contribution in [2.24, 2.45) is 5.92 Å². The third-order valence-electron chi connectivity index (χ3n) is 8.31. The summed E-state index contributed by atoms with van der Waals surface area (Å²) >= 11 is 0.969. The maximum absolute atomic E-state index is 13.6. The fourth-order valence-corrected chi connectivity index (χ4v) is 5.95. The fraction of sp³-hybridized carbons (Fsp3) is 0.562. The average Bonchev–Trinajstić information content (AvgIpc) is 3.68. The second kappa shape index (κ2) is 17.0. The molecule has 260 valence electrons. The zero-order valence-corrected chi connectivity index (χ0v) is 29.2. The van der Waals surface area contributed by atoms with Crippen LogP contribution < -0.4 is 25.4 Å². The lowest BCUT2D eigenvalue weighted by atomic mass is 9.97. The number of methoxy groups -OCH3 is 2. The molecule has 0 unspecified atom stereocenters. The van der Waals surface area contributed by atoms with Crippen molar-refractivity contribution in [2.45, 2.75) is 78.4 Å². The largest absolute Gasteiger partial charge is 0.493 e. The molecule has 0 spiro atoms. The van der Waals surface area contributed by atoms with Gasteiger partial charge in [0.15, 0.2) is 23.0 Å². The number of hydrogen-bond acceptors (Lipinski definition) is 11. The second-order valence-electron chi connectivity index (χ2n) is 11.9. The maximum atomic E-state index is 13.6. The molecule has 3 N–H and O–H groups in total. The Bertz CT molecular complexity index is 1590. The van der Waals surface area contributed by atoms with Crippen LogP contribution in [-0.2, 0) is 27.3 Å². The minimum atomic E-state index is -0.795. The number of benzene rings is 1. The van der Waals surface area contributed by atoms with E-state index in [1.165, 1.54) is 4.68 Å². The first-order chi connectivity index (χ1) is 23.0. The van der Waals surface area contributed by atoms with E-state index in [0.717, 1.165) is 17.3 Å². The standard InChI is InChI=1S/C32H45N9O6S/c1-7-19(2)28-31(44)34-21(4)30-35-25(17-22-11-12-23(46-5)24(16-22)47-6)37-41(30)18-27(43)33-13-9-15-40(14-8-10-26(42)36-28)32(45)29-20(3)38-48-39-29/h11-12,16,19,21,28H,7-10,13-15,17-18H2,1-6H3,(H,33,43)(H,34,44)(H,36,42)/t19-,21+,28-/m0/s1. The Morgan fingerprint density at radius 1 is 1.06 bits per heavy atom. The minimum absolute atomic E-state index is 0.123. The van der Waals surface area contributed by atoms with E-state index in [1.54, 1.807) is 39.0 Å². The van der Waals surface area contributed by atoms with Gasteiger partial charge in [0.05, 0.1) is 37.7 Å². The number of aromatic nitrogens is 5. The van der Waals surface area contributed by atoms with Crippen molar-refractivity contribution in [3.63, 3.8) is 0 Å². The van der Waals surface area contributed by atoms with Crippen molar-refractivity contribution in [3.8, 4) is 11.5 Å². The first kappa shape index (κ1) is 36.2. The van der Waals surface area contributed by atoms with Gasteiger partial charge in [-0.05, 0) is 50.3 Å². The highest BCUT2D eigenvalue weighted by atomic mass is 32.1. The number of carbonyl (C=O) groups is 4. The molecule has 1 aliphatic heterocycles. The number of amides is 4. The van der Waals surface area contributed by atoms with Crippen molar-refractivity contribution in [3.05, 3.63) is 46.8 Å². The molecule has 0 saturated carbocycles. The molecule has 2 aromatic heterocycles. The molecule has 4 rings (SSSR count). The lowest BCUT2D eigenvalue weighted by molar-refractivity contribution is -0.130. The Hall–Kier alpha value is -4.60. The van der Waals surface area contributed by atoms with Crippen LogP contribution in [0.4, 0.5) is 0 Å². The third kappa shape index (κ3) is 9.27. The molecule has 15 nitrogen and oxygen atoms in total. The average molecular weight is 684 g/mol. The van der Waals surface area contributed by atoms with Gasteiger partial charge in [-0.25, -0.2) is 9.67 Å². The Labute approximate surface area is 284 Å². The molecule has 0 saturated heterocycles. The summed E-state index contributed by atoms with van der Waals surface area (Å²) in [5, 5.41) is 13.4. The summed E-state index contributed by atoms with van der Waals surface area (Å²) in [6, 6.07) is 4.10. The molecule has 16 heteroatoms. The summed E-state index contributed by atoms with van der Waals surface area (Å²) < 4.78 is 20.5. The molecule has 3 atom stereocenters. The predicted octanol–water partition coefficient (Wildman–Crippen LogP) is 2.20. The number of nitrogens with zero attached hydrogens (tertiary/aromatic N) is 6. The lowest BCUT2D eigenvalue weighted by Crippen LogP contribution is -2.51. The van der Waals surface area contributed by atoms with Gasteiger partial charge in [0, 0.05) is 32.5 Å². The van der Waals surface area contributed by atoms with Crippen LogP contribution >= 0.6 is 11.7 Å². The molecule has 1 aliphatic rings. The van der Waals surface area contributed by atoms with E-state index in [0.29, 0.717) is 74.2 Å². The van der Waals surface area contributed by atoms with E-state index in [2.05, 4.69) is 29.8 Å². The first-order valence-electron chi connectivity index (χ1n) is 16.1. The topological polar surface area (TPSA) is 183 Å². The minimum Gasteiger partial charge on any atom is -0.493 e. The van der Waals surface area contributed by atoms with Crippen molar-refractivity contribution in [1.29, 1.82) is 0 Å². The number of ether oxygens (including phenoxy) is 2. The van der Waals surface area contributed by atoms with Gasteiger partial charge < -0.3 is 30.3 Å². The third-order valence-corrected chi connectivity index (χ3v) is 8.93. The second-order valence-corrected chi connectivity index (χ2v) is 12.4. The van der Waals surface area contributed by atoms with Crippen LogP contribution in [0.15, 0.2) is 18.2 Å². The summed E-state index contributed by atoms with van der Waals surface area (Å²) in [4.78, 5) is 59.5. The van der Waals surface area contributed by atoms with Gasteiger partial charge in [-0.2, -0.15) is 13.8 Å². The number of nitrogens with one attached hydrogen (secondary N) is 3. The predicted molar refractivity (Wildman–Crippen MR) is 178 cm³/mol. The summed E-state index contributed by atoms with van der Waals surface area (Å²) in [6.45, 7) is 8.18. The zero-order valence-electron chi connectivity index (χ0n) is 28.4. The lowest BCUT2D eigenvalue weighted by Gasteiger charge is -2.26. The molecule has 48 heavy (non-hydrogen) atoms. The van der Waals surface area contributed by atoms with Crippen molar-refractivity contribution >= 4 is 35.4 Å². The molecule has 3 aromatic rings. The fourth-order valence-electron chi connectivity index (χ4n) is 5.41. The number of rotatable bonds is 7. The van der Waals surface area contributed by atoms with Crippen molar-refractivity contribution in [2.75, 3.05) is 33.9 Å². The quantitative estimate of drug-likeness (QED) is 0.334. The molecule has 1 aromatic carbocycles.